The first kappa shape index (κ1) is 11.7. The minimum absolute atomic E-state index is 0.219. The summed E-state index contributed by atoms with van der Waals surface area (Å²) in [6.45, 7) is 6.19. The number of hydrogen-bond acceptors (Lipinski definition) is 3. The number of hydrogen-bond donors (Lipinski definition) is 0. The van der Waals surface area contributed by atoms with Crippen LogP contribution in [0.4, 0.5) is 0 Å². The van der Waals surface area contributed by atoms with E-state index in [-0.39, 0.29) is 11.9 Å². The Bertz CT molecular complexity index is 199. The van der Waals surface area contributed by atoms with Crippen LogP contribution >= 0.6 is 0 Å². The van der Waals surface area contributed by atoms with E-state index in [4.69, 9.17) is 9.47 Å². The van der Waals surface area contributed by atoms with E-state index in [0.29, 0.717) is 13.0 Å². The van der Waals surface area contributed by atoms with Gasteiger partial charge in [0.1, 0.15) is 5.78 Å². The molecule has 1 unspecified atom stereocenters. The van der Waals surface area contributed by atoms with Gasteiger partial charge >= 0.3 is 0 Å². The Labute approximate surface area is 85.8 Å². The van der Waals surface area contributed by atoms with E-state index in [1.807, 2.05) is 13.8 Å². The van der Waals surface area contributed by atoms with Crippen LogP contribution in [-0.4, -0.2) is 24.3 Å². The maximum atomic E-state index is 10.7. The van der Waals surface area contributed by atoms with Crippen LogP contribution < -0.4 is 0 Å². The Kier molecular flexibility index (Phi) is 4.08. The number of unbranched alkanes of at least 4 members (excludes halogenated alkanes) is 1. The molecule has 0 radical (unpaired) electrons. The predicted octanol–water partition coefficient (Wildman–Crippen LogP) is 2.29. The fourth-order valence-corrected chi connectivity index (χ4v) is 1.65. The fourth-order valence-electron chi connectivity index (χ4n) is 1.65. The second-order valence-electron chi connectivity index (χ2n) is 4.40. The van der Waals surface area contributed by atoms with Gasteiger partial charge < -0.3 is 14.3 Å². The van der Waals surface area contributed by atoms with E-state index in [0.717, 1.165) is 19.3 Å². The second kappa shape index (κ2) is 4.89. The van der Waals surface area contributed by atoms with Crippen molar-refractivity contribution in [2.24, 2.45) is 0 Å². The van der Waals surface area contributed by atoms with Crippen LogP contribution in [0.3, 0.4) is 0 Å². The average Bonchev–Trinajstić information content (AvgIpc) is 2.39. The van der Waals surface area contributed by atoms with Gasteiger partial charge in [-0.25, -0.2) is 0 Å². The van der Waals surface area contributed by atoms with Crippen molar-refractivity contribution >= 4 is 5.78 Å². The van der Waals surface area contributed by atoms with Crippen molar-refractivity contribution in [1.29, 1.82) is 0 Å². The van der Waals surface area contributed by atoms with Crippen LogP contribution in [0, 0.1) is 0 Å². The first-order valence-electron chi connectivity index (χ1n) is 5.31. The third kappa shape index (κ3) is 4.20. The first-order valence-corrected chi connectivity index (χ1v) is 5.31. The Balaban J connectivity index is 2.06. The highest BCUT2D eigenvalue weighted by atomic mass is 16.7. The molecule has 0 N–H and O–H groups in total. The third-order valence-electron chi connectivity index (χ3n) is 2.37. The van der Waals surface area contributed by atoms with Crippen molar-refractivity contribution in [1.82, 2.24) is 0 Å². The Hall–Kier alpha value is -0.410. The molecule has 1 aliphatic heterocycles. The minimum Gasteiger partial charge on any atom is -0.348 e. The molecule has 1 aliphatic rings. The monoisotopic (exact) mass is 200 g/mol. The zero-order chi connectivity index (χ0) is 10.6. The molecule has 0 aromatic carbocycles. The number of Topliss-reactive ketones (excluding diaryl/α,β-unsaturated/α-hetero) is 1. The number of carbonyl (C=O) groups excluding carboxylic acids is 1. The standard InChI is InChI=1S/C11H20O3/c1-9(12)6-4-5-7-10-8-13-11(2,3)14-10/h10H,4-8H2,1-3H3. The van der Waals surface area contributed by atoms with Crippen LogP contribution in [0.1, 0.15) is 46.5 Å². The van der Waals surface area contributed by atoms with Gasteiger partial charge in [-0.3, -0.25) is 0 Å². The highest BCUT2D eigenvalue weighted by molar-refractivity contribution is 5.75. The maximum Gasteiger partial charge on any atom is 0.163 e. The smallest absolute Gasteiger partial charge is 0.163 e. The molecule has 0 spiro atoms. The lowest BCUT2D eigenvalue weighted by molar-refractivity contribution is -0.139. The molecule has 1 atom stereocenters. The van der Waals surface area contributed by atoms with Crippen molar-refractivity contribution < 1.29 is 14.3 Å². The van der Waals surface area contributed by atoms with Crippen molar-refractivity contribution in [3.63, 3.8) is 0 Å². The SMILES string of the molecule is CC(=O)CCCCC1COC(C)(C)O1. The molecular formula is C11H20O3. The van der Waals surface area contributed by atoms with Crippen molar-refractivity contribution in [2.45, 2.75) is 58.3 Å². The fraction of sp³-hybridized carbons (Fsp3) is 0.909. The molecule has 1 heterocycles. The van der Waals surface area contributed by atoms with Crippen molar-refractivity contribution in [3.8, 4) is 0 Å². The van der Waals surface area contributed by atoms with E-state index in [1.165, 1.54) is 0 Å². The van der Waals surface area contributed by atoms with Crippen molar-refractivity contribution in [3.05, 3.63) is 0 Å². The number of ether oxygens (including phenoxy) is 2. The Morgan fingerprint density at radius 1 is 1.43 bits per heavy atom. The molecule has 1 rings (SSSR count). The van der Waals surface area contributed by atoms with E-state index < -0.39 is 5.79 Å². The summed E-state index contributed by atoms with van der Waals surface area (Å²) in [5, 5.41) is 0. The molecule has 0 amide bonds. The van der Waals surface area contributed by atoms with Crippen LogP contribution in [0.2, 0.25) is 0 Å². The lowest BCUT2D eigenvalue weighted by Crippen LogP contribution is -2.21. The summed E-state index contributed by atoms with van der Waals surface area (Å²) in [5.41, 5.74) is 0. The normalized spacial score (nSPS) is 25.2. The summed E-state index contributed by atoms with van der Waals surface area (Å²) < 4.78 is 11.1. The van der Waals surface area contributed by atoms with Gasteiger partial charge in [-0.05, 0) is 33.6 Å². The van der Waals surface area contributed by atoms with Gasteiger partial charge in [-0.2, -0.15) is 0 Å². The Morgan fingerprint density at radius 3 is 2.64 bits per heavy atom. The molecule has 1 fully saturated rings. The molecule has 3 heteroatoms. The molecule has 14 heavy (non-hydrogen) atoms. The highest BCUT2D eigenvalue weighted by Crippen LogP contribution is 2.25. The van der Waals surface area contributed by atoms with E-state index in [2.05, 4.69) is 0 Å². The topological polar surface area (TPSA) is 35.5 Å². The van der Waals surface area contributed by atoms with Gasteiger partial charge in [0, 0.05) is 6.42 Å². The molecule has 0 aliphatic carbocycles. The molecule has 0 aromatic heterocycles. The van der Waals surface area contributed by atoms with Gasteiger partial charge in [-0.1, -0.05) is 6.42 Å². The average molecular weight is 200 g/mol. The summed E-state index contributed by atoms with van der Waals surface area (Å²) in [7, 11) is 0. The highest BCUT2D eigenvalue weighted by Gasteiger charge is 2.31. The van der Waals surface area contributed by atoms with Crippen molar-refractivity contribution in [2.75, 3.05) is 6.61 Å². The molecule has 3 nitrogen and oxygen atoms in total. The first-order chi connectivity index (χ1) is 6.49. The van der Waals surface area contributed by atoms with Crippen LogP contribution in [0.25, 0.3) is 0 Å². The Morgan fingerprint density at radius 2 is 2.14 bits per heavy atom. The summed E-state index contributed by atoms with van der Waals surface area (Å²) in [6, 6.07) is 0. The number of ketones is 1. The number of rotatable bonds is 5. The lowest BCUT2D eigenvalue weighted by atomic mass is 10.1. The van der Waals surface area contributed by atoms with Gasteiger partial charge in [0.05, 0.1) is 12.7 Å². The largest absolute Gasteiger partial charge is 0.348 e. The molecule has 1 saturated heterocycles. The van der Waals surface area contributed by atoms with Gasteiger partial charge in [-0.15, -0.1) is 0 Å². The molecule has 82 valence electrons. The van der Waals surface area contributed by atoms with Gasteiger partial charge in [0.2, 0.25) is 0 Å². The zero-order valence-electron chi connectivity index (χ0n) is 9.34. The van der Waals surface area contributed by atoms with E-state index >= 15 is 0 Å². The summed E-state index contributed by atoms with van der Waals surface area (Å²) in [4.78, 5) is 10.7. The second-order valence-corrected chi connectivity index (χ2v) is 4.40. The lowest BCUT2D eigenvalue weighted by Gasteiger charge is -2.16. The molecule has 0 aromatic rings. The van der Waals surface area contributed by atoms with E-state index in [1.54, 1.807) is 6.92 Å². The molecule has 0 saturated carbocycles. The number of carbonyl (C=O) groups is 1. The van der Waals surface area contributed by atoms with Gasteiger partial charge in [0.15, 0.2) is 5.79 Å². The summed E-state index contributed by atoms with van der Waals surface area (Å²) >= 11 is 0. The van der Waals surface area contributed by atoms with Gasteiger partial charge in [0.25, 0.3) is 0 Å². The molecule has 0 bridgehead atoms. The van der Waals surface area contributed by atoms with Crippen LogP contribution in [0.15, 0.2) is 0 Å². The zero-order valence-corrected chi connectivity index (χ0v) is 9.34. The maximum absolute atomic E-state index is 10.7. The summed E-state index contributed by atoms with van der Waals surface area (Å²) in [5.74, 6) is -0.139. The quantitative estimate of drug-likeness (QED) is 0.639. The molecular weight excluding hydrogens is 180 g/mol. The third-order valence-corrected chi connectivity index (χ3v) is 2.37. The van der Waals surface area contributed by atoms with Crippen LogP contribution in [-0.2, 0) is 14.3 Å². The van der Waals surface area contributed by atoms with Crippen LogP contribution in [0.5, 0.6) is 0 Å². The van der Waals surface area contributed by atoms with E-state index in [9.17, 15) is 4.79 Å². The minimum atomic E-state index is -0.411. The predicted molar refractivity (Wildman–Crippen MR) is 54.1 cm³/mol. The summed E-state index contributed by atoms with van der Waals surface area (Å²) in [6.07, 6.45) is 3.92.